The van der Waals surface area contributed by atoms with E-state index in [1.807, 2.05) is 0 Å². The molecule has 0 aliphatic heterocycles. The van der Waals surface area contributed by atoms with Crippen LogP contribution in [0.3, 0.4) is 0 Å². The summed E-state index contributed by atoms with van der Waals surface area (Å²) in [4.78, 5) is 0. The fourth-order valence-corrected chi connectivity index (χ4v) is 5.67. The summed E-state index contributed by atoms with van der Waals surface area (Å²) >= 11 is 4.47. The zero-order valence-corrected chi connectivity index (χ0v) is 13.7. The number of hydrogen-bond acceptors (Lipinski definition) is 4. The molecule has 2 atom stereocenters. The first-order chi connectivity index (χ1) is 9.03. The largest absolute Gasteiger partial charge is 0.396 e. The second kappa shape index (κ2) is 6.67. The van der Waals surface area contributed by atoms with E-state index in [1.165, 1.54) is 11.3 Å². The summed E-state index contributed by atoms with van der Waals surface area (Å²) in [5.41, 5.74) is 0. The highest BCUT2D eigenvalue weighted by Crippen LogP contribution is 2.30. The van der Waals surface area contributed by atoms with Crippen molar-refractivity contribution in [3.63, 3.8) is 0 Å². The number of sulfonamides is 1. The molecule has 0 radical (unpaired) electrons. The first-order valence-corrected chi connectivity index (χ1v) is 9.48. The van der Waals surface area contributed by atoms with Gasteiger partial charge in [0.1, 0.15) is 4.21 Å². The van der Waals surface area contributed by atoms with Gasteiger partial charge in [-0.3, -0.25) is 0 Å². The molecule has 1 fully saturated rings. The Morgan fingerprint density at radius 2 is 2.00 bits per heavy atom. The van der Waals surface area contributed by atoms with Crippen molar-refractivity contribution in [3.8, 4) is 0 Å². The van der Waals surface area contributed by atoms with E-state index < -0.39 is 10.0 Å². The van der Waals surface area contributed by atoms with E-state index in [0.717, 1.165) is 29.5 Å². The third kappa shape index (κ3) is 4.01. The van der Waals surface area contributed by atoms with E-state index in [0.29, 0.717) is 10.8 Å². The summed E-state index contributed by atoms with van der Waals surface area (Å²) in [7, 11) is -3.41. The van der Waals surface area contributed by atoms with Gasteiger partial charge in [-0.15, -0.1) is 11.3 Å². The molecule has 0 amide bonds. The van der Waals surface area contributed by atoms with E-state index in [4.69, 9.17) is 0 Å². The van der Waals surface area contributed by atoms with Crippen molar-refractivity contribution >= 4 is 37.3 Å². The second-order valence-corrected chi connectivity index (χ2v) is 9.35. The minimum atomic E-state index is -3.41. The monoisotopic (exact) mass is 367 g/mol. The Hall–Kier alpha value is 0.0500. The summed E-state index contributed by atoms with van der Waals surface area (Å²) in [6, 6.07) is 3.33. The van der Waals surface area contributed by atoms with E-state index >= 15 is 0 Å². The number of hydrogen-bond donors (Lipinski definition) is 2. The highest BCUT2D eigenvalue weighted by molar-refractivity contribution is 9.11. The third-order valence-corrected chi connectivity index (χ3v) is 7.19. The Bertz CT molecular complexity index is 515. The van der Waals surface area contributed by atoms with Gasteiger partial charge in [-0.2, -0.15) is 0 Å². The van der Waals surface area contributed by atoms with E-state index in [2.05, 4.69) is 20.7 Å². The first-order valence-electron chi connectivity index (χ1n) is 6.39. The smallest absolute Gasteiger partial charge is 0.250 e. The third-order valence-electron chi connectivity index (χ3n) is 3.65. The molecule has 0 aromatic carbocycles. The van der Waals surface area contributed by atoms with Crippen molar-refractivity contribution < 1.29 is 13.5 Å². The fraction of sp³-hybridized carbons (Fsp3) is 0.667. The van der Waals surface area contributed by atoms with Crippen LogP contribution in [0.25, 0.3) is 0 Å². The summed E-state index contributed by atoms with van der Waals surface area (Å²) in [6.07, 6.45) is 4.23. The molecule has 1 aliphatic carbocycles. The molecule has 19 heavy (non-hydrogen) atoms. The van der Waals surface area contributed by atoms with Crippen LogP contribution in [-0.2, 0) is 10.0 Å². The van der Waals surface area contributed by atoms with E-state index in [1.54, 1.807) is 12.1 Å². The molecule has 0 bridgehead atoms. The van der Waals surface area contributed by atoms with Gasteiger partial charge in [-0.1, -0.05) is 12.8 Å². The van der Waals surface area contributed by atoms with Crippen LogP contribution in [0.2, 0.25) is 0 Å². The fourth-order valence-electron chi connectivity index (χ4n) is 2.52. The average molecular weight is 368 g/mol. The van der Waals surface area contributed by atoms with Gasteiger partial charge in [0.25, 0.3) is 0 Å². The number of rotatable bonds is 5. The standard InChI is InChI=1S/C12H18BrNO3S2/c13-11-5-6-12(18-11)19(16,17)14-7-9-3-1-2-4-10(9)8-15/h5-6,9-10,14-15H,1-4,7-8H2. The van der Waals surface area contributed by atoms with Crippen LogP contribution >= 0.6 is 27.3 Å². The maximum absolute atomic E-state index is 12.1. The van der Waals surface area contributed by atoms with Gasteiger partial charge in [-0.25, -0.2) is 13.1 Å². The van der Waals surface area contributed by atoms with Crippen molar-refractivity contribution in [2.24, 2.45) is 11.8 Å². The minimum absolute atomic E-state index is 0.150. The summed E-state index contributed by atoms with van der Waals surface area (Å²) in [5, 5.41) is 9.33. The molecular formula is C12H18BrNO3S2. The molecule has 0 saturated heterocycles. The first kappa shape index (κ1) is 15.4. The van der Waals surface area contributed by atoms with Crippen LogP contribution in [-0.4, -0.2) is 26.7 Å². The maximum Gasteiger partial charge on any atom is 0.250 e. The van der Waals surface area contributed by atoms with Crippen LogP contribution in [0.15, 0.2) is 20.1 Å². The minimum Gasteiger partial charge on any atom is -0.396 e. The number of aliphatic hydroxyl groups is 1. The lowest BCUT2D eigenvalue weighted by Gasteiger charge is -2.30. The lowest BCUT2D eigenvalue weighted by Crippen LogP contribution is -2.35. The van der Waals surface area contributed by atoms with E-state index in [-0.39, 0.29) is 18.4 Å². The molecule has 1 aliphatic rings. The molecule has 0 spiro atoms. The Labute approximate surface area is 126 Å². The Kier molecular flexibility index (Phi) is 5.42. The van der Waals surface area contributed by atoms with Crippen LogP contribution in [0.4, 0.5) is 0 Å². The van der Waals surface area contributed by atoms with Gasteiger partial charge in [0.15, 0.2) is 0 Å². The molecule has 2 rings (SSSR count). The molecule has 7 heteroatoms. The molecule has 1 heterocycles. The van der Waals surface area contributed by atoms with Gasteiger partial charge in [0.05, 0.1) is 3.79 Å². The zero-order chi connectivity index (χ0) is 13.9. The zero-order valence-electron chi connectivity index (χ0n) is 10.5. The second-order valence-electron chi connectivity index (χ2n) is 4.90. The number of nitrogens with one attached hydrogen (secondary N) is 1. The molecule has 1 aromatic rings. The Morgan fingerprint density at radius 3 is 2.58 bits per heavy atom. The predicted octanol–water partition coefficient (Wildman–Crippen LogP) is 2.59. The molecule has 2 N–H and O–H groups in total. The Morgan fingerprint density at radius 1 is 1.32 bits per heavy atom. The summed E-state index contributed by atoms with van der Waals surface area (Å²) in [6.45, 7) is 0.569. The molecule has 108 valence electrons. The number of thiophene rings is 1. The van der Waals surface area contributed by atoms with Crippen molar-refractivity contribution in [1.82, 2.24) is 4.72 Å². The van der Waals surface area contributed by atoms with Crippen molar-refractivity contribution in [1.29, 1.82) is 0 Å². The van der Waals surface area contributed by atoms with Crippen LogP contribution in [0, 0.1) is 11.8 Å². The van der Waals surface area contributed by atoms with Crippen molar-refractivity contribution in [2.75, 3.05) is 13.2 Å². The molecular weight excluding hydrogens is 350 g/mol. The quantitative estimate of drug-likeness (QED) is 0.840. The van der Waals surface area contributed by atoms with Crippen molar-refractivity contribution in [2.45, 2.75) is 29.9 Å². The van der Waals surface area contributed by atoms with E-state index in [9.17, 15) is 13.5 Å². The highest BCUT2D eigenvalue weighted by atomic mass is 79.9. The highest BCUT2D eigenvalue weighted by Gasteiger charge is 2.26. The van der Waals surface area contributed by atoms with Crippen LogP contribution in [0.5, 0.6) is 0 Å². The normalized spacial score (nSPS) is 24.5. The summed E-state index contributed by atoms with van der Waals surface area (Å²) < 4.78 is 28.0. The average Bonchev–Trinajstić information content (AvgIpc) is 2.84. The van der Waals surface area contributed by atoms with Gasteiger partial charge in [-0.05, 0) is 52.7 Å². The van der Waals surface area contributed by atoms with Gasteiger partial charge in [0.2, 0.25) is 10.0 Å². The number of aliphatic hydroxyl groups excluding tert-OH is 1. The van der Waals surface area contributed by atoms with Gasteiger partial charge >= 0.3 is 0 Å². The lowest BCUT2D eigenvalue weighted by atomic mass is 9.80. The Balaban J connectivity index is 1.97. The molecule has 1 aromatic heterocycles. The van der Waals surface area contributed by atoms with Crippen LogP contribution in [0.1, 0.15) is 25.7 Å². The van der Waals surface area contributed by atoms with Crippen LogP contribution < -0.4 is 4.72 Å². The van der Waals surface area contributed by atoms with Gasteiger partial charge < -0.3 is 5.11 Å². The predicted molar refractivity (Wildman–Crippen MR) is 79.7 cm³/mol. The summed E-state index contributed by atoms with van der Waals surface area (Å²) in [5.74, 6) is 0.475. The van der Waals surface area contributed by atoms with Gasteiger partial charge in [0, 0.05) is 13.2 Å². The maximum atomic E-state index is 12.1. The SMILES string of the molecule is O=S(=O)(NCC1CCCCC1CO)c1ccc(Br)s1. The number of halogens is 1. The molecule has 1 saturated carbocycles. The lowest BCUT2D eigenvalue weighted by molar-refractivity contribution is 0.136. The van der Waals surface area contributed by atoms with Crippen molar-refractivity contribution in [3.05, 3.63) is 15.9 Å². The molecule has 4 nitrogen and oxygen atoms in total. The molecule has 2 unspecified atom stereocenters. The topological polar surface area (TPSA) is 66.4 Å².